The molecule has 0 aliphatic heterocycles. The Morgan fingerprint density at radius 3 is 2.43 bits per heavy atom. The minimum absolute atomic E-state index is 0.0573. The highest BCUT2D eigenvalue weighted by Gasteiger charge is 2.64. The van der Waals surface area contributed by atoms with Gasteiger partial charge in [0.05, 0.1) is 0 Å². The van der Waals surface area contributed by atoms with Crippen LogP contribution in [-0.4, -0.2) is 4.57 Å². The first-order valence-electron chi connectivity index (χ1n) is 17.2. The Hall–Kier alpha value is -5.08. The summed E-state index contributed by atoms with van der Waals surface area (Å²) in [4.78, 5) is 2.56. The standard InChI is InChI=1S/C45H38N2/c1-44-27-13-12-22-43(44)45(39-20-10-9-19-38(39)44)37-18-8-6-16-33(37)34-25-23-32(29-40(34)45)47(30-14-4-3-5-15-30)31-24-26-42-36(28-31)35-17-7-11-21-41(35)46(42)2/h3-4,6-14,16-29,34,40,43H,5,15H2,1-2H3. The van der Waals surface area contributed by atoms with Gasteiger partial charge in [-0.2, -0.15) is 0 Å². The van der Waals surface area contributed by atoms with Gasteiger partial charge in [0.2, 0.25) is 0 Å². The van der Waals surface area contributed by atoms with Gasteiger partial charge in [-0.3, -0.25) is 0 Å². The summed E-state index contributed by atoms with van der Waals surface area (Å²) in [5, 5.41) is 2.61. The van der Waals surface area contributed by atoms with Crippen molar-refractivity contribution in [2.45, 2.75) is 36.5 Å². The van der Waals surface area contributed by atoms with Gasteiger partial charge in [0, 0.05) is 74.5 Å². The molecule has 0 radical (unpaired) electrons. The van der Waals surface area contributed by atoms with Gasteiger partial charge >= 0.3 is 0 Å². The van der Waals surface area contributed by atoms with Crippen molar-refractivity contribution in [3.63, 3.8) is 0 Å². The molecule has 1 heterocycles. The summed E-state index contributed by atoms with van der Waals surface area (Å²) in [6, 6.07) is 34.5. The van der Waals surface area contributed by atoms with E-state index in [0.717, 1.165) is 12.8 Å². The molecule has 0 saturated carbocycles. The van der Waals surface area contributed by atoms with Crippen molar-refractivity contribution < 1.29 is 0 Å². The van der Waals surface area contributed by atoms with Crippen molar-refractivity contribution in [3.05, 3.63) is 185 Å². The van der Waals surface area contributed by atoms with E-state index in [1.54, 1.807) is 0 Å². The van der Waals surface area contributed by atoms with Gasteiger partial charge in [0.1, 0.15) is 0 Å². The lowest BCUT2D eigenvalue weighted by molar-refractivity contribution is 0.267. The highest BCUT2D eigenvalue weighted by Crippen LogP contribution is 2.69. The fourth-order valence-electron chi connectivity index (χ4n) is 10.2. The van der Waals surface area contributed by atoms with E-state index in [1.807, 2.05) is 0 Å². The second-order valence-electron chi connectivity index (χ2n) is 14.2. The third-order valence-corrected chi connectivity index (χ3v) is 12.1. The largest absolute Gasteiger partial charge is 0.344 e. The highest BCUT2D eigenvalue weighted by molar-refractivity contribution is 6.09. The number of aryl methyl sites for hydroxylation is 1. The maximum Gasteiger partial charge on any atom is 0.0490 e. The molecule has 0 bridgehead atoms. The molecule has 0 fully saturated rings. The number of benzene rings is 4. The van der Waals surface area contributed by atoms with E-state index >= 15 is 0 Å². The Kier molecular flexibility index (Phi) is 5.60. The van der Waals surface area contributed by atoms with Crippen LogP contribution in [0.5, 0.6) is 0 Å². The molecule has 1 aromatic heterocycles. The van der Waals surface area contributed by atoms with Gasteiger partial charge < -0.3 is 9.47 Å². The summed E-state index contributed by atoms with van der Waals surface area (Å²) in [5.41, 5.74) is 12.1. The van der Waals surface area contributed by atoms with Crippen LogP contribution in [0.1, 0.15) is 47.9 Å². The van der Waals surface area contributed by atoms with Crippen molar-refractivity contribution >= 4 is 27.5 Å². The first kappa shape index (κ1) is 27.1. The van der Waals surface area contributed by atoms with Gasteiger partial charge in [0.15, 0.2) is 0 Å². The Morgan fingerprint density at radius 1 is 0.766 bits per heavy atom. The summed E-state index contributed by atoms with van der Waals surface area (Å²) >= 11 is 0. The van der Waals surface area contributed by atoms with Gasteiger partial charge in [-0.15, -0.1) is 0 Å². The fraction of sp³-hybridized carbons (Fsp3) is 0.200. The highest BCUT2D eigenvalue weighted by atomic mass is 15.2. The van der Waals surface area contributed by atoms with Gasteiger partial charge in [0.25, 0.3) is 0 Å². The summed E-state index contributed by atoms with van der Waals surface area (Å²) in [7, 11) is 2.18. The fourth-order valence-corrected chi connectivity index (χ4v) is 10.2. The first-order chi connectivity index (χ1) is 23.1. The third-order valence-electron chi connectivity index (χ3n) is 12.1. The van der Waals surface area contributed by atoms with Crippen molar-refractivity contribution in [1.29, 1.82) is 0 Å². The van der Waals surface area contributed by atoms with E-state index in [2.05, 4.69) is 175 Å². The van der Waals surface area contributed by atoms with Gasteiger partial charge in [-0.1, -0.05) is 122 Å². The van der Waals surface area contributed by atoms with E-state index in [9.17, 15) is 0 Å². The molecule has 5 aromatic rings. The van der Waals surface area contributed by atoms with Crippen LogP contribution < -0.4 is 4.90 Å². The molecular formula is C45H38N2. The van der Waals surface area contributed by atoms with Crippen LogP contribution in [-0.2, 0) is 17.9 Å². The molecule has 0 saturated heterocycles. The number of allylic oxidation sites excluding steroid dienone is 11. The molecule has 1 spiro atoms. The van der Waals surface area contributed by atoms with Gasteiger partial charge in [-0.05, 0) is 71.5 Å². The number of nitrogens with zero attached hydrogens (tertiary/aromatic N) is 2. The van der Waals surface area contributed by atoms with Crippen LogP contribution >= 0.6 is 0 Å². The van der Waals surface area contributed by atoms with Crippen LogP contribution in [0.2, 0.25) is 0 Å². The van der Waals surface area contributed by atoms with E-state index in [1.165, 1.54) is 61.1 Å². The normalized spacial score (nSPS) is 27.9. The quantitative estimate of drug-likeness (QED) is 0.198. The Bertz CT molecular complexity index is 2320. The zero-order valence-corrected chi connectivity index (χ0v) is 27.0. The average Bonchev–Trinajstić information content (AvgIpc) is 3.67. The summed E-state index contributed by atoms with van der Waals surface area (Å²) < 4.78 is 2.33. The zero-order chi connectivity index (χ0) is 31.3. The van der Waals surface area contributed by atoms with Crippen LogP contribution in [0.15, 0.2) is 163 Å². The molecule has 47 heavy (non-hydrogen) atoms. The maximum absolute atomic E-state index is 2.66. The minimum Gasteiger partial charge on any atom is -0.344 e. The van der Waals surface area contributed by atoms with Crippen molar-refractivity contribution in [1.82, 2.24) is 4.57 Å². The topological polar surface area (TPSA) is 8.17 Å². The van der Waals surface area contributed by atoms with Crippen molar-refractivity contribution in [3.8, 4) is 0 Å². The summed E-state index contributed by atoms with van der Waals surface area (Å²) in [5.74, 6) is 0.940. The molecule has 228 valence electrons. The minimum atomic E-state index is -0.157. The SMILES string of the molecule is Cn1c2ccccc2c2cc(N(C3=CC4C(C=C3)c3ccccc3C43c4ccccc4C4(C)C=CC=CC43)C3=CC=CCC3)ccc21. The number of fused-ring (bicyclic) bond motifs is 13. The zero-order valence-electron chi connectivity index (χ0n) is 27.0. The molecule has 0 N–H and O–H groups in total. The molecule has 5 unspecified atom stereocenters. The number of rotatable bonds is 3. The lowest BCUT2D eigenvalue weighted by Crippen LogP contribution is -2.43. The predicted octanol–water partition coefficient (Wildman–Crippen LogP) is 10.5. The molecule has 4 aromatic carbocycles. The second-order valence-corrected chi connectivity index (χ2v) is 14.2. The monoisotopic (exact) mass is 606 g/mol. The van der Waals surface area contributed by atoms with Crippen molar-refractivity contribution in [2.75, 3.05) is 4.90 Å². The first-order valence-corrected chi connectivity index (χ1v) is 17.2. The molecule has 10 rings (SSSR count). The van der Waals surface area contributed by atoms with E-state index in [-0.39, 0.29) is 16.7 Å². The Morgan fingerprint density at radius 2 is 1.55 bits per heavy atom. The smallest absolute Gasteiger partial charge is 0.0490 e. The molecule has 2 nitrogen and oxygen atoms in total. The number of para-hydroxylation sites is 1. The van der Waals surface area contributed by atoms with E-state index in [0.29, 0.717) is 11.8 Å². The van der Waals surface area contributed by atoms with Crippen LogP contribution in [0.3, 0.4) is 0 Å². The number of hydrogen-bond donors (Lipinski definition) is 0. The third kappa shape index (κ3) is 3.46. The van der Waals surface area contributed by atoms with Crippen molar-refractivity contribution in [2.24, 2.45) is 18.9 Å². The molecule has 5 aliphatic rings. The molecule has 5 aliphatic carbocycles. The summed E-state index contributed by atoms with van der Waals surface area (Å²) in [6.07, 6.45) is 26.1. The lowest BCUT2D eigenvalue weighted by Gasteiger charge is -2.44. The Balaban J connectivity index is 1.21. The lowest BCUT2D eigenvalue weighted by atomic mass is 9.58. The van der Waals surface area contributed by atoms with E-state index < -0.39 is 0 Å². The molecule has 5 atom stereocenters. The van der Waals surface area contributed by atoms with Gasteiger partial charge in [-0.25, -0.2) is 0 Å². The number of anilines is 1. The number of hydrogen-bond acceptors (Lipinski definition) is 1. The van der Waals surface area contributed by atoms with Crippen LogP contribution in [0, 0.1) is 11.8 Å². The Labute approximate surface area is 277 Å². The van der Waals surface area contributed by atoms with Crippen LogP contribution in [0.4, 0.5) is 5.69 Å². The molecular weight excluding hydrogens is 569 g/mol. The molecule has 2 heteroatoms. The average molecular weight is 607 g/mol. The second kappa shape index (κ2) is 9.72. The van der Waals surface area contributed by atoms with Crippen LogP contribution in [0.25, 0.3) is 21.8 Å². The van der Waals surface area contributed by atoms with E-state index in [4.69, 9.17) is 0 Å². The predicted molar refractivity (Wildman–Crippen MR) is 196 cm³/mol. The maximum atomic E-state index is 2.66. The number of aromatic nitrogens is 1. The summed E-state index contributed by atoms with van der Waals surface area (Å²) in [6.45, 7) is 2.47. The molecule has 0 amide bonds.